The fourth-order valence-electron chi connectivity index (χ4n) is 0.559. The number of nitrogens with zero attached hydrogens (tertiary/aromatic N) is 1. The normalized spacial score (nSPS) is 7.36. The Morgan fingerprint density at radius 2 is 2.36 bits per heavy atom. The minimum absolute atomic E-state index is 0. The van der Waals surface area contributed by atoms with Gasteiger partial charge in [0.2, 0.25) is 0 Å². The molecular formula is C7H8ArNOW-. The van der Waals surface area contributed by atoms with Gasteiger partial charge in [-0.25, -0.2) is 0 Å². The maximum atomic E-state index is 5.13. The van der Waals surface area contributed by atoms with Crippen LogP contribution in [0.2, 0.25) is 0 Å². The van der Waals surface area contributed by atoms with E-state index in [9.17, 15) is 0 Å². The minimum Gasteiger partial charge on any atom is -0.551 e. The summed E-state index contributed by atoms with van der Waals surface area (Å²) >= 11 is 0. The fourth-order valence-corrected chi connectivity index (χ4v) is 0.559. The standard InChI is InChI=1S/C7H8NO.Ar.W/c1-2-9-7-3-5-8-6-4-7;;/h3-5H,2H2,1H3;;/q-1;;. The first-order chi connectivity index (χ1) is 4.43. The summed E-state index contributed by atoms with van der Waals surface area (Å²) in [4.78, 5) is 3.72. The molecule has 1 rings (SSSR count). The molecule has 0 saturated carbocycles. The van der Waals surface area contributed by atoms with Crippen molar-refractivity contribution in [3.8, 4) is 5.75 Å². The molecule has 0 aliphatic heterocycles. The molecule has 0 unspecified atom stereocenters. The first-order valence-corrected chi connectivity index (χ1v) is 2.88. The number of hydrogen-bond acceptors (Lipinski definition) is 2. The van der Waals surface area contributed by atoms with E-state index in [1.54, 1.807) is 18.3 Å². The number of rotatable bonds is 2. The summed E-state index contributed by atoms with van der Waals surface area (Å²) in [5, 5.41) is 0. The molecule has 0 atom stereocenters. The maximum absolute atomic E-state index is 5.13. The molecule has 0 bridgehead atoms. The van der Waals surface area contributed by atoms with Crippen LogP contribution in [0.1, 0.15) is 6.92 Å². The van der Waals surface area contributed by atoms with Gasteiger partial charge in [-0.05, 0) is 6.92 Å². The predicted molar refractivity (Wildman–Crippen MR) is 34.2 cm³/mol. The molecule has 0 aliphatic carbocycles. The van der Waals surface area contributed by atoms with Crippen molar-refractivity contribution >= 4 is 0 Å². The number of pyridine rings is 1. The summed E-state index contributed by atoms with van der Waals surface area (Å²) < 4.78 is 5.13. The van der Waals surface area contributed by atoms with E-state index in [0.29, 0.717) is 6.61 Å². The van der Waals surface area contributed by atoms with Crippen LogP contribution < -0.4 is 4.74 Å². The molecule has 0 aromatic carbocycles. The Hall–Kier alpha value is 0.898. The van der Waals surface area contributed by atoms with E-state index in [2.05, 4.69) is 11.2 Å². The summed E-state index contributed by atoms with van der Waals surface area (Å²) in [7, 11) is 0. The van der Waals surface area contributed by atoms with Gasteiger partial charge < -0.3 is 9.72 Å². The van der Waals surface area contributed by atoms with E-state index < -0.39 is 0 Å². The van der Waals surface area contributed by atoms with Crippen molar-refractivity contribution in [2.24, 2.45) is 0 Å². The van der Waals surface area contributed by atoms with Crippen LogP contribution in [0.25, 0.3) is 0 Å². The molecular weight excluding hydrogens is 338 g/mol. The van der Waals surface area contributed by atoms with E-state index in [0.717, 1.165) is 5.75 Å². The van der Waals surface area contributed by atoms with Gasteiger partial charge >= 0.3 is 0 Å². The molecule has 0 aliphatic rings. The predicted octanol–water partition coefficient (Wildman–Crippen LogP) is 1.28. The molecule has 0 N–H and O–H groups in total. The monoisotopic (exact) mass is 346 g/mol. The van der Waals surface area contributed by atoms with Crippen molar-refractivity contribution in [1.82, 2.24) is 4.98 Å². The van der Waals surface area contributed by atoms with E-state index >= 15 is 0 Å². The molecule has 2 nitrogen and oxygen atoms in total. The quantitative estimate of drug-likeness (QED) is 0.753. The SMILES string of the molecule is CCOc1c[c-]ncc1.[Ar].[W]. The molecule has 0 fully saturated rings. The van der Waals surface area contributed by atoms with Crippen molar-refractivity contribution in [2.45, 2.75) is 6.92 Å². The van der Waals surface area contributed by atoms with Gasteiger partial charge in [0.15, 0.2) is 0 Å². The average molecular weight is 346 g/mol. The zero-order valence-corrected chi connectivity index (χ0v) is 9.70. The number of ether oxygens (including phenoxy) is 1. The molecule has 0 radical (unpaired) electrons. The minimum atomic E-state index is 0. The van der Waals surface area contributed by atoms with Crippen LogP contribution in [0.4, 0.5) is 0 Å². The van der Waals surface area contributed by atoms with Gasteiger partial charge in [0.05, 0.1) is 6.61 Å². The zero-order chi connectivity index (χ0) is 6.53. The van der Waals surface area contributed by atoms with Crippen LogP contribution in [-0.2, 0) is 21.1 Å². The molecule has 4 heteroatoms. The van der Waals surface area contributed by atoms with Gasteiger partial charge in [-0.2, -0.15) is 0 Å². The third kappa shape index (κ3) is 6.10. The Labute approximate surface area is 111 Å². The zero-order valence-electron chi connectivity index (χ0n) is 6.06. The Balaban J connectivity index is 0. The molecule has 1 aromatic rings. The largest absolute Gasteiger partial charge is 0.551 e. The van der Waals surface area contributed by atoms with Crippen LogP contribution in [0.3, 0.4) is 0 Å². The van der Waals surface area contributed by atoms with Gasteiger partial charge in [-0.3, -0.25) is 0 Å². The second kappa shape index (κ2) is 8.99. The molecule has 0 amide bonds. The van der Waals surface area contributed by atoms with E-state index in [1.165, 1.54) is 0 Å². The Morgan fingerprint density at radius 1 is 1.64 bits per heavy atom. The van der Waals surface area contributed by atoms with Crippen molar-refractivity contribution in [1.29, 1.82) is 0 Å². The van der Waals surface area contributed by atoms with Crippen LogP contribution >= 0.6 is 0 Å². The van der Waals surface area contributed by atoms with Crippen LogP contribution in [0, 0.1) is 43.9 Å². The van der Waals surface area contributed by atoms with Crippen molar-refractivity contribution in [3.05, 3.63) is 24.5 Å². The fraction of sp³-hybridized carbons (Fsp3) is 0.286. The molecule has 0 spiro atoms. The molecule has 1 aromatic heterocycles. The van der Waals surface area contributed by atoms with Gasteiger partial charge in [-0.15, -0.1) is 12.1 Å². The van der Waals surface area contributed by atoms with E-state index in [1.807, 2.05) is 6.92 Å². The van der Waals surface area contributed by atoms with Crippen LogP contribution in [-0.4, -0.2) is 11.6 Å². The summed E-state index contributed by atoms with van der Waals surface area (Å²) in [6, 6.07) is 3.52. The smallest absolute Gasteiger partial charge is 0.0686 e. The van der Waals surface area contributed by atoms with Crippen molar-refractivity contribution in [2.75, 3.05) is 6.61 Å². The van der Waals surface area contributed by atoms with Crippen molar-refractivity contribution in [3.63, 3.8) is 0 Å². The third-order valence-corrected chi connectivity index (χ3v) is 0.906. The number of hydrogen-bond donors (Lipinski definition) is 0. The maximum Gasteiger partial charge on any atom is 0.0686 e. The third-order valence-electron chi connectivity index (χ3n) is 0.906. The van der Waals surface area contributed by atoms with E-state index in [-0.39, 0.29) is 58.8 Å². The van der Waals surface area contributed by atoms with E-state index in [4.69, 9.17) is 4.74 Å². The first-order valence-electron chi connectivity index (χ1n) is 2.88. The first kappa shape index (κ1) is 14.4. The Kier molecular flexibility index (Phi) is 11.8. The molecule has 62 valence electrons. The van der Waals surface area contributed by atoms with Crippen molar-refractivity contribution < 1.29 is 63.5 Å². The second-order valence-electron chi connectivity index (χ2n) is 1.55. The summed E-state index contributed by atoms with van der Waals surface area (Å²) in [5.74, 6) is 0.826. The van der Waals surface area contributed by atoms with Gasteiger partial charge in [0.1, 0.15) is 0 Å². The molecule has 0 saturated heterocycles. The second-order valence-corrected chi connectivity index (χ2v) is 1.55. The van der Waals surface area contributed by atoms with Gasteiger partial charge in [0, 0.05) is 64.6 Å². The summed E-state index contributed by atoms with van der Waals surface area (Å²) in [5.41, 5.74) is 0. The molecule has 1 heterocycles. The van der Waals surface area contributed by atoms with Crippen LogP contribution in [0.15, 0.2) is 18.3 Å². The summed E-state index contributed by atoms with van der Waals surface area (Å²) in [6.45, 7) is 2.64. The summed E-state index contributed by atoms with van der Waals surface area (Å²) in [6.07, 6.45) is 4.33. The topological polar surface area (TPSA) is 22.1 Å². The van der Waals surface area contributed by atoms with Crippen LogP contribution in [0.5, 0.6) is 5.75 Å². The average Bonchev–Trinajstić information content (AvgIpc) is 1.91. The van der Waals surface area contributed by atoms with Gasteiger partial charge in [-0.1, -0.05) is 12.4 Å². The Morgan fingerprint density at radius 3 is 2.82 bits per heavy atom. The number of aromatic nitrogens is 1. The van der Waals surface area contributed by atoms with Gasteiger partial charge in [0.25, 0.3) is 0 Å². The molecule has 11 heavy (non-hydrogen) atoms. The Bertz CT molecular complexity index is 171.